The molecule has 0 unspecified atom stereocenters. The van der Waals surface area contributed by atoms with Crippen molar-refractivity contribution in [2.45, 2.75) is 13.3 Å². The molecule has 1 aliphatic rings. The van der Waals surface area contributed by atoms with Crippen molar-refractivity contribution < 1.29 is 9.59 Å². The van der Waals surface area contributed by atoms with Crippen molar-refractivity contribution in [1.29, 1.82) is 0 Å². The molecule has 0 saturated carbocycles. The molecule has 27 heavy (non-hydrogen) atoms. The molecule has 1 aromatic heterocycles. The van der Waals surface area contributed by atoms with Gasteiger partial charge in [0, 0.05) is 43.8 Å². The molecule has 2 aromatic rings. The van der Waals surface area contributed by atoms with E-state index in [-0.39, 0.29) is 11.8 Å². The maximum atomic E-state index is 12.6. The highest BCUT2D eigenvalue weighted by Gasteiger charge is 2.22. The van der Waals surface area contributed by atoms with E-state index in [1.54, 1.807) is 16.0 Å². The van der Waals surface area contributed by atoms with Gasteiger partial charge >= 0.3 is 0 Å². The van der Waals surface area contributed by atoms with Crippen LogP contribution in [0.1, 0.15) is 11.3 Å². The number of piperazine rings is 1. The van der Waals surface area contributed by atoms with Gasteiger partial charge in [0.1, 0.15) is 0 Å². The highest BCUT2D eigenvalue weighted by atomic mass is 16.2. The van der Waals surface area contributed by atoms with Gasteiger partial charge in [0.25, 0.3) is 0 Å². The molecular formula is C20H23N5O2. The summed E-state index contributed by atoms with van der Waals surface area (Å²) >= 11 is 0. The van der Waals surface area contributed by atoms with Crippen molar-refractivity contribution in [1.82, 2.24) is 19.8 Å². The van der Waals surface area contributed by atoms with Crippen LogP contribution in [0.2, 0.25) is 0 Å². The molecule has 0 aliphatic carbocycles. The molecule has 1 aromatic carbocycles. The van der Waals surface area contributed by atoms with E-state index in [0.29, 0.717) is 38.5 Å². The van der Waals surface area contributed by atoms with Gasteiger partial charge in [-0.2, -0.15) is 0 Å². The number of aromatic nitrogens is 2. The lowest BCUT2D eigenvalue weighted by atomic mass is 10.1. The van der Waals surface area contributed by atoms with Gasteiger partial charge in [0.2, 0.25) is 17.8 Å². The zero-order valence-corrected chi connectivity index (χ0v) is 15.4. The lowest BCUT2D eigenvalue weighted by Gasteiger charge is -2.34. The maximum absolute atomic E-state index is 12.6. The number of carbonyl (C=O) groups excluding carboxylic acids is 2. The van der Waals surface area contributed by atoms with Crippen molar-refractivity contribution >= 4 is 23.5 Å². The van der Waals surface area contributed by atoms with Gasteiger partial charge in [-0.3, -0.25) is 9.59 Å². The molecule has 140 valence electrons. The van der Waals surface area contributed by atoms with Gasteiger partial charge in [-0.25, -0.2) is 9.97 Å². The van der Waals surface area contributed by atoms with Gasteiger partial charge in [0.15, 0.2) is 0 Å². The van der Waals surface area contributed by atoms with Gasteiger partial charge in [0.05, 0.1) is 6.42 Å². The van der Waals surface area contributed by atoms with Crippen LogP contribution in [0.5, 0.6) is 0 Å². The Morgan fingerprint density at radius 1 is 1.19 bits per heavy atom. The second-order valence-corrected chi connectivity index (χ2v) is 6.43. The van der Waals surface area contributed by atoms with E-state index in [2.05, 4.69) is 21.9 Å². The van der Waals surface area contributed by atoms with Gasteiger partial charge in [-0.1, -0.05) is 18.7 Å². The highest BCUT2D eigenvalue weighted by Crippen LogP contribution is 2.16. The van der Waals surface area contributed by atoms with Crippen LogP contribution in [0.3, 0.4) is 0 Å². The lowest BCUT2D eigenvalue weighted by Crippen LogP contribution is -2.50. The third-order valence-electron chi connectivity index (χ3n) is 4.45. The van der Waals surface area contributed by atoms with Crippen LogP contribution in [-0.2, 0) is 16.0 Å². The minimum atomic E-state index is -0.0840. The molecule has 1 aliphatic heterocycles. The number of hydrogen-bond donors (Lipinski definition) is 1. The van der Waals surface area contributed by atoms with E-state index in [1.807, 2.05) is 37.3 Å². The van der Waals surface area contributed by atoms with Crippen molar-refractivity contribution in [3.63, 3.8) is 0 Å². The van der Waals surface area contributed by atoms with Gasteiger partial charge < -0.3 is 15.1 Å². The molecule has 0 spiro atoms. The average Bonchev–Trinajstić information content (AvgIpc) is 2.68. The summed E-state index contributed by atoms with van der Waals surface area (Å²) in [5.41, 5.74) is 2.64. The molecule has 0 radical (unpaired) electrons. The molecule has 7 nitrogen and oxygen atoms in total. The Morgan fingerprint density at radius 2 is 1.93 bits per heavy atom. The molecule has 2 amide bonds. The smallest absolute Gasteiger partial charge is 0.246 e. The van der Waals surface area contributed by atoms with E-state index in [4.69, 9.17) is 0 Å². The van der Waals surface area contributed by atoms with Crippen LogP contribution in [0.15, 0.2) is 49.2 Å². The molecule has 1 saturated heterocycles. The fourth-order valence-electron chi connectivity index (χ4n) is 2.99. The summed E-state index contributed by atoms with van der Waals surface area (Å²) in [4.78, 5) is 36.2. The Hall–Kier alpha value is -3.22. The van der Waals surface area contributed by atoms with Crippen molar-refractivity contribution in [3.05, 3.63) is 60.4 Å². The number of carbonyl (C=O) groups is 2. The lowest BCUT2D eigenvalue weighted by molar-refractivity contribution is -0.136. The van der Waals surface area contributed by atoms with Crippen LogP contribution in [0.25, 0.3) is 0 Å². The summed E-state index contributed by atoms with van der Waals surface area (Å²) in [6.07, 6.45) is 3.34. The first-order chi connectivity index (χ1) is 13.0. The average molecular weight is 365 g/mol. The fourth-order valence-corrected chi connectivity index (χ4v) is 2.99. The van der Waals surface area contributed by atoms with E-state index in [1.165, 1.54) is 6.08 Å². The van der Waals surface area contributed by atoms with E-state index >= 15 is 0 Å². The first-order valence-corrected chi connectivity index (χ1v) is 8.90. The Balaban J connectivity index is 1.58. The number of rotatable bonds is 5. The van der Waals surface area contributed by atoms with Crippen molar-refractivity contribution in [2.24, 2.45) is 0 Å². The summed E-state index contributed by atoms with van der Waals surface area (Å²) in [7, 11) is 0. The first kappa shape index (κ1) is 18.6. The topological polar surface area (TPSA) is 78.4 Å². The van der Waals surface area contributed by atoms with E-state index in [9.17, 15) is 9.59 Å². The SMILES string of the molecule is C=CC(=O)N1CCN(C(=O)Cc2cccc(Nc3nccc(C)n3)c2)CC1. The number of amides is 2. The Labute approximate surface area is 158 Å². The predicted molar refractivity (Wildman–Crippen MR) is 104 cm³/mol. The van der Waals surface area contributed by atoms with E-state index in [0.717, 1.165) is 16.9 Å². The largest absolute Gasteiger partial charge is 0.339 e. The Kier molecular flexibility index (Phi) is 5.80. The number of benzene rings is 1. The summed E-state index contributed by atoms with van der Waals surface area (Å²) in [5, 5.41) is 3.16. The van der Waals surface area contributed by atoms with Crippen LogP contribution in [0, 0.1) is 6.92 Å². The number of nitrogens with one attached hydrogen (secondary N) is 1. The third kappa shape index (κ3) is 4.91. The molecule has 1 N–H and O–H groups in total. The van der Waals surface area contributed by atoms with E-state index < -0.39 is 0 Å². The second-order valence-electron chi connectivity index (χ2n) is 6.43. The molecule has 3 rings (SSSR count). The van der Waals surface area contributed by atoms with Crippen LogP contribution >= 0.6 is 0 Å². The summed E-state index contributed by atoms with van der Waals surface area (Å²) in [5.74, 6) is 0.505. The van der Waals surface area contributed by atoms with Crippen molar-refractivity contribution in [3.8, 4) is 0 Å². The molecular weight excluding hydrogens is 342 g/mol. The minimum absolute atomic E-state index is 0.0599. The molecule has 7 heteroatoms. The third-order valence-corrected chi connectivity index (χ3v) is 4.45. The minimum Gasteiger partial charge on any atom is -0.339 e. The highest BCUT2D eigenvalue weighted by molar-refractivity contribution is 5.87. The molecule has 1 fully saturated rings. The standard InChI is InChI=1S/C20H23N5O2/c1-3-18(26)24-9-11-25(12-10-24)19(27)14-16-5-4-6-17(13-16)23-20-21-8-7-15(2)22-20/h3-8,13H,1,9-12,14H2,2H3,(H,21,22,23). The zero-order valence-electron chi connectivity index (χ0n) is 15.4. The molecule has 0 atom stereocenters. The number of anilines is 2. The summed E-state index contributed by atoms with van der Waals surface area (Å²) in [6.45, 7) is 7.60. The summed E-state index contributed by atoms with van der Waals surface area (Å²) in [6, 6.07) is 9.52. The summed E-state index contributed by atoms with van der Waals surface area (Å²) < 4.78 is 0. The quantitative estimate of drug-likeness (QED) is 0.819. The van der Waals surface area contributed by atoms with Crippen molar-refractivity contribution in [2.75, 3.05) is 31.5 Å². The Bertz CT molecular complexity index is 844. The monoisotopic (exact) mass is 365 g/mol. The van der Waals surface area contributed by atoms with Crippen LogP contribution in [0.4, 0.5) is 11.6 Å². The Morgan fingerprint density at radius 3 is 2.63 bits per heavy atom. The maximum Gasteiger partial charge on any atom is 0.246 e. The first-order valence-electron chi connectivity index (χ1n) is 8.90. The molecule has 2 heterocycles. The zero-order chi connectivity index (χ0) is 19.2. The van der Waals surface area contributed by atoms with Crippen LogP contribution < -0.4 is 5.32 Å². The van der Waals surface area contributed by atoms with Gasteiger partial charge in [-0.05, 0) is 36.8 Å². The second kappa shape index (κ2) is 8.44. The number of aryl methyl sites for hydroxylation is 1. The van der Waals surface area contributed by atoms with Gasteiger partial charge in [-0.15, -0.1) is 0 Å². The molecule has 0 bridgehead atoms. The van der Waals surface area contributed by atoms with Crippen LogP contribution in [-0.4, -0.2) is 57.8 Å². The normalized spacial score (nSPS) is 14.0. The number of nitrogens with zero attached hydrogens (tertiary/aromatic N) is 4. The number of hydrogen-bond acceptors (Lipinski definition) is 5. The fraction of sp³-hybridized carbons (Fsp3) is 0.300. The predicted octanol–water partition coefficient (Wildman–Crippen LogP) is 1.93.